The Hall–Kier alpha value is -3.36. The van der Waals surface area contributed by atoms with Crippen LogP contribution in [-0.2, 0) is 22.5 Å². The van der Waals surface area contributed by atoms with Gasteiger partial charge in [0.2, 0.25) is 5.95 Å². The maximum absolute atomic E-state index is 12.2. The van der Waals surface area contributed by atoms with E-state index in [4.69, 9.17) is 9.47 Å². The molecule has 0 aliphatic heterocycles. The van der Waals surface area contributed by atoms with Gasteiger partial charge in [0.15, 0.2) is 0 Å². The summed E-state index contributed by atoms with van der Waals surface area (Å²) in [6, 6.07) is 8.98. The Kier molecular flexibility index (Phi) is 5.70. The molecule has 9 nitrogen and oxygen atoms in total. The minimum atomic E-state index is -0.432. The first-order valence-electron chi connectivity index (χ1n) is 8.69. The highest BCUT2D eigenvalue weighted by atomic mass is 16.5. The topological polar surface area (TPSA) is 111 Å². The van der Waals surface area contributed by atoms with Crippen molar-refractivity contribution in [2.45, 2.75) is 26.8 Å². The van der Waals surface area contributed by atoms with Gasteiger partial charge in [0.1, 0.15) is 5.75 Å². The summed E-state index contributed by atoms with van der Waals surface area (Å²) in [6.07, 6.45) is -0.0681. The summed E-state index contributed by atoms with van der Waals surface area (Å²) in [5.74, 6) is 0.978. The fourth-order valence-corrected chi connectivity index (χ4v) is 2.51. The Bertz CT molecular complexity index is 978. The Labute approximate surface area is 155 Å². The Morgan fingerprint density at radius 3 is 2.67 bits per heavy atom. The predicted molar refractivity (Wildman–Crippen MR) is 98.9 cm³/mol. The van der Waals surface area contributed by atoms with Gasteiger partial charge < -0.3 is 14.8 Å². The summed E-state index contributed by atoms with van der Waals surface area (Å²) >= 11 is 0. The first-order chi connectivity index (χ1) is 13.1. The van der Waals surface area contributed by atoms with Crippen molar-refractivity contribution in [2.24, 2.45) is 0 Å². The molecular weight excluding hydrogens is 350 g/mol. The van der Waals surface area contributed by atoms with Crippen LogP contribution in [0.15, 0.2) is 35.1 Å². The van der Waals surface area contributed by atoms with E-state index in [-0.39, 0.29) is 24.4 Å². The third-order valence-electron chi connectivity index (χ3n) is 3.71. The molecule has 0 radical (unpaired) electrons. The molecule has 3 rings (SSSR count). The van der Waals surface area contributed by atoms with Crippen LogP contribution < -0.4 is 15.6 Å². The molecule has 1 aromatic carbocycles. The summed E-state index contributed by atoms with van der Waals surface area (Å²) in [6.45, 7) is 5.07. The number of anilines is 1. The average molecular weight is 371 g/mol. The maximum atomic E-state index is 12.2. The molecule has 142 valence electrons. The van der Waals surface area contributed by atoms with Crippen LogP contribution in [0.3, 0.4) is 0 Å². The smallest absolute Gasteiger partial charge is 0.311 e. The molecule has 0 bridgehead atoms. The summed E-state index contributed by atoms with van der Waals surface area (Å²) in [5, 5.41) is 5.96. The van der Waals surface area contributed by atoms with Gasteiger partial charge in [-0.3, -0.25) is 14.7 Å². The van der Waals surface area contributed by atoms with Crippen LogP contribution in [-0.4, -0.2) is 38.8 Å². The number of aromatic amines is 1. The molecule has 0 amide bonds. The Balaban J connectivity index is 1.71. The van der Waals surface area contributed by atoms with E-state index >= 15 is 0 Å². The second-order valence-electron chi connectivity index (χ2n) is 5.71. The summed E-state index contributed by atoms with van der Waals surface area (Å²) in [5.41, 5.74) is 1.01. The molecule has 0 fully saturated rings. The lowest BCUT2D eigenvalue weighted by Gasteiger charge is -2.05. The molecule has 3 aromatic rings. The van der Waals surface area contributed by atoms with E-state index in [1.807, 2.05) is 31.2 Å². The number of esters is 1. The van der Waals surface area contributed by atoms with Crippen LogP contribution in [0.1, 0.15) is 25.1 Å². The van der Waals surface area contributed by atoms with Crippen molar-refractivity contribution in [1.82, 2.24) is 19.6 Å². The molecule has 0 atom stereocenters. The molecule has 2 N–H and O–H groups in total. The van der Waals surface area contributed by atoms with Gasteiger partial charge >= 0.3 is 5.97 Å². The molecule has 0 saturated heterocycles. The fourth-order valence-electron chi connectivity index (χ4n) is 2.51. The van der Waals surface area contributed by atoms with Gasteiger partial charge in [0.25, 0.3) is 11.3 Å². The molecule has 0 spiro atoms. The highest BCUT2D eigenvalue weighted by Gasteiger charge is 2.11. The molecule has 27 heavy (non-hydrogen) atoms. The number of hydrogen-bond donors (Lipinski definition) is 2. The lowest BCUT2D eigenvalue weighted by Crippen LogP contribution is -2.18. The number of nitrogens with zero attached hydrogens (tertiary/aromatic N) is 3. The molecule has 0 saturated carbocycles. The van der Waals surface area contributed by atoms with E-state index in [1.165, 1.54) is 10.6 Å². The quantitative estimate of drug-likeness (QED) is 0.578. The van der Waals surface area contributed by atoms with Crippen molar-refractivity contribution in [3.05, 3.63) is 51.9 Å². The molecular formula is C18H21N5O4. The minimum absolute atomic E-state index is 0.0681. The van der Waals surface area contributed by atoms with Gasteiger partial charge in [-0.05, 0) is 31.5 Å². The minimum Gasteiger partial charge on any atom is -0.494 e. The van der Waals surface area contributed by atoms with E-state index in [0.29, 0.717) is 24.8 Å². The fraction of sp³-hybridized carbons (Fsp3) is 0.333. The van der Waals surface area contributed by atoms with Gasteiger partial charge in [0.05, 0.1) is 25.3 Å². The Morgan fingerprint density at radius 1 is 1.19 bits per heavy atom. The monoisotopic (exact) mass is 371 g/mol. The van der Waals surface area contributed by atoms with Gasteiger partial charge in [-0.1, -0.05) is 12.1 Å². The molecule has 0 aliphatic rings. The van der Waals surface area contributed by atoms with Gasteiger partial charge in [0, 0.05) is 12.6 Å². The normalized spacial score (nSPS) is 10.7. The van der Waals surface area contributed by atoms with Crippen molar-refractivity contribution in [1.29, 1.82) is 0 Å². The summed E-state index contributed by atoms with van der Waals surface area (Å²) in [4.78, 5) is 32.2. The van der Waals surface area contributed by atoms with E-state index in [1.54, 1.807) is 6.92 Å². The zero-order chi connectivity index (χ0) is 19.2. The van der Waals surface area contributed by atoms with Crippen LogP contribution in [0.25, 0.3) is 5.78 Å². The number of aromatic nitrogens is 4. The molecule has 9 heteroatoms. The van der Waals surface area contributed by atoms with Crippen LogP contribution >= 0.6 is 0 Å². The van der Waals surface area contributed by atoms with Crippen LogP contribution in [0.2, 0.25) is 0 Å². The SMILES string of the molecule is CCOC(=O)Cc1cc(=O)n2[nH]c(NCc3ccc(OCC)cc3)nc2n1. The number of carbonyl (C=O) groups excluding carboxylic acids is 1. The molecule has 0 aliphatic carbocycles. The lowest BCUT2D eigenvalue weighted by molar-refractivity contribution is -0.142. The zero-order valence-corrected chi connectivity index (χ0v) is 15.2. The van der Waals surface area contributed by atoms with Crippen molar-refractivity contribution in [3.63, 3.8) is 0 Å². The van der Waals surface area contributed by atoms with Gasteiger partial charge in [-0.15, -0.1) is 0 Å². The zero-order valence-electron chi connectivity index (χ0n) is 15.2. The second-order valence-corrected chi connectivity index (χ2v) is 5.71. The third-order valence-corrected chi connectivity index (χ3v) is 3.71. The second kappa shape index (κ2) is 8.35. The molecule has 0 unspecified atom stereocenters. The van der Waals surface area contributed by atoms with Gasteiger partial charge in [-0.25, -0.2) is 4.98 Å². The maximum Gasteiger partial charge on any atom is 0.311 e. The van der Waals surface area contributed by atoms with Gasteiger partial charge in [-0.2, -0.15) is 9.50 Å². The number of benzene rings is 1. The average Bonchev–Trinajstić information content (AvgIpc) is 3.05. The first kappa shape index (κ1) is 18.4. The third kappa shape index (κ3) is 4.63. The largest absolute Gasteiger partial charge is 0.494 e. The molecule has 2 aromatic heterocycles. The number of carbonyl (C=O) groups is 1. The van der Waals surface area contributed by atoms with Crippen LogP contribution in [0.4, 0.5) is 5.95 Å². The number of ether oxygens (including phenoxy) is 2. The van der Waals surface area contributed by atoms with Crippen molar-refractivity contribution in [2.75, 3.05) is 18.5 Å². The van der Waals surface area contributed by atoms with Crippen molar-refractivity contribution >= 4 is 17.7 Å². The predicted octanol–water partition coefficient (Wildman–Crippen LogP) is 1.53. The van der Waals surface area contributed by atoms with E-state index < -0.39 is 5.97 Å². The standard InChI is InChI=1S/C18H21N5O4/c1-3-26-14-7-5-12(6-8-14)11-19-17-21-18-20-13(10-16(25)27-4-2)9-15(24)23(18)22-17/h5-9H,3-4,10-11H2,1-2H3,(H2,19,20,21,22). The van der Waals surface area contributed by atoms with Crippen LogP contribution in [0, 0.1) is 0 Å². The van der Waals surface area contributed by atoms with Crippen molar-refractivity contribution in [3.8, 4) is 5.75 Å². The lowest BCUT2D eigenvalue weighted by atomic mass is 10.2. The van der Waals surface area contributed by atoms with E-state index in [0.717, 1.165) is 11.3 Å². The Morgan fingerprint density at radius 2 is 1.96 bits per heavy atom. The van der Waals surface area contributed by atoms with Crippen LogP contribution in [0.5, 0.6) is 5.75 Å². The highest BCUT2D eigenvalue weighted by molar-refractivity contribution is 5.72. The first-order valence-corrected chi connectivity index (χ1v) is 8.69. The number of nitrogens with one attached hydrogen (secondary N) is 2. The van der Waals surface area contributed by atoms with Crippen molar-refractivity contribution < 1.29 is 14.3 Å². The summed E-state index contributed by atoms with van der Waals surface area (Å²) < 4.78 is 11.5. The number of rotatable bonds is 8. The number of fused-ring (bicyclic) bond motifs is 1. The van der Waals surface area contributed by atoms with E-state index in [2.05, 4.69) is 20.4 Å². The number of hydrogen-bond acceptors (Lipinski definition) is 7. The summed E-state index contributed by atoms with van der Waals surface area (Å²) in [7, 11) is 0. The van der Waals surface area contributed by atoms with E-state index in [9.17, 15) is 9.59 Å². The highest BCUT2D eigenvalue weighted by Crippen LogP contribution is 2.13. The number of H-pyrrole nitrogens is 1. The molecule has 2 heterocycles.